The van der Waals surface area contributed by atoms with Crippen LogP contribution in [0.25, 0.3) is 10.8 Å². The molecule has 31 heavy (non-hydrogen) atoms. The molecule has 0 atom stereocenters. The van der Waals surface area contributed by atoms with Gasteiger partial charge in [0.25, 0.3) is 5.56 Å². The molecule has 10 heteroatoms. The summed E-state index contributed by atoms with van der Waals surface area (Å²) in [5, 5.41) is 17.2. The number of aromatic nitrogens is 3. The molecule has 162 valence electrons. The summed E-state index contributed by atoms with van der Waals surface area (Å²) in [6.07, 6.45) is 2.52. The molecule has 4 rings (SSSR count). The smallest absolute Gasteiger partial charge is 0.311 e. The van der Waals surface area contributed by atoms with Crippen molar-refractivity contribution in [1.82, 2.24) is 19.7 Å². The largest absolute Gasteiger partial charge is 0.481 e. The number of rotatable bonds is 7. The third kappa shape index (κ3) is 4.48. The number of piperazine rings is 1. The zero-order valence-corrected chi connectivity index (χ0v) is 17.3. The monoisotopic (exact) mass is 424 g/mol. The van der Waals surface area contributed by atoms with Crippen molar-refractivity contribution in [3.63, 3.8) is 0 Å². The maximum atomic E-state index is 12.6. The third-order valence-electron chi connectivity index (χ3n) is 5.51. The van der Waals surface area contributed by atoms with Crippen molar-refractivity contribution < 1.29 is 9.66 Å². The standard InChI is InChI=1S/C21H24N6O4/c1-31-19-8-7-18(27(29)30)20(23-19)25-13-11-24(12-14-25)9-4-10-26-21(28)17-6-3-2-5-16(17)15-22-26/h2-3,5-8,15H,4,9-14H2,1H3. The molecule has 1 fully saturated rings. The van der Waals surface area contributed by atoms with E-state index in [1.807, 2.05) is 29.2 Å². The molecular weight excluding hydrogens is 400 g/mol. The Morgan fingerprint density at radius 3 is 2.61 bits per heavy atom. The second kappa shape index (κ2) is 9.09. The number of methoxy groups -OCH3 is 1. The summed E-state index contributed by atoms with van der Waals surface area (Å²) in [6, 6.07) is 10.4. The van der Waals surface area contributed by atoms with Crippen molar-refractivity contribution in [1.29, 1.82) is 0 Å². The van der Waals surface area contributed by atoms with Gasteiger partial charge in [-0.2, -0.15) is 10.1 Å². The van der Waals surface area contributed by atoms with Crippen molar-refractivity contribution >= 4 is 22.3 Å². The van der Waals surface area contributed by atoms with Crippen LogP contribution in [0, 0.1) is 10.1 Å². The summed E-state index contributed by atoms with van der Waals surface area (Å²) in [5.74, 6) is 0.701. The molecule has 1 aliphatic rings. The van der Waals surface area contributed by atoms with Crippen LogP contribution in [0.1, 0.15) is 6.42 Å². The maximum absolute atomic E-state index is 12.6. The highest BCUT2D eigenvalue weighted by molar-refractivity contribution is 5.80. The number of anilines is 1. The molecule has 0 aliphatic carbocycles. The van der Waals surface area contributed by atoms with Gasteiger partial charge in [0.1, 0.15) is 0 Å². The summed E-state index contributed by atoms with van der Waals surface area (Å²) >= 11 is 0. The van der Waals surface area contributed by atoms with Crippen molar-refractivity contribution in [3.05, 3.63) is 63.1 Å². The Kier molecular flexibility index (Phi) is 6.08. The highest BCUT2D eigenvalue weighted by Crippen LogP contribution is 2.29. The van der Waals surface area contributed by atoms with Crippen LogP contribution in [0.15, 0.2) is 47.4 Å². The van der Waals surface area contributed by atoms with Crippen LogP contribution in [0.3, 0.4) is 0 Å². The first-order valence-corrected chi connectivity index (χ1v) is 10.2. The summed E-state index contributed by atoms with van der Waals surface area (Å²) in [4.78, 5) is 32.0. The Morgan fingerprint density at radius 2 is 1.87 bits per heavy atom. The summed E-state index contributed by atoms with van der Waals surface area (Å²) in [5.41, 5.74) is -0.0877. The Balaban J connectivity index is 1.34. The molecule has 0 saturated carbocycles. The number of aryl methyl sites for hydroxylation is 1. The Hall–Kier alpha value is -3.53. The maximum Gasteiger partial charge on any atom is 0.311 e. The highest BCUT2D eigenvalue weighted by Gasteiger charge is 2.25. The average Bonchev–Trinajstić information content (AvgIpc) is 2.80. The van der Waals surface area contributed by atoms with E-state index < -0.39 is 4.92 Å². The van der Waals surface area contributed by atoms with Crippen LogP contribution in [-0.4, -0.2) is 64.4 Å². The first-order valence-electron chi connectivity index (χ1n) is 10.2. The van der Waals surface area contributed by atoms with Crippen LogP contribution in [0.4, 0.5) is 11.5 Å². The number of benzene rings is 1. The zero-order chi connectivity index (χ0) is 21.8. The Bertz CT molecular complexity index is 1140. The molecule has 0 spiro atoms. The van der Waals surface area contributed by atoms with Crippen LogP contribution in [0.5, 0.6) is 5.88 Å². The van der Waals surface area contributed by atoms with E-state index in [0.717, 1.165) is 31.4 Å². The Morgan fingerprint density at radius 1 is 1.10 bits per heavy atom. The highest BCUT2D eigenvalue weighted by atomic mass is 16.6. The van der Waals surface area contributed by atoms with E-state index in [9.17, 15) is 14.9 Å². The van der Waals surface area contributed by atoms with Gasteiger partial charge in [-0.05, 0) is 12.5 Å². The van der Waals surface area contributed by atoms with Crippen LogP contribution >= 0.6 is 0 Å². The predicted octanol–water partition coefficient (Wildman–Crippen LogP) is 1.92. The van der Waals surface area contributed by atoms with Gasteiger partial charge >= 0.3 is 5.69 Å². The van der Waals surface area contributed by atoms with Gasteiger partial charge in [-0.25, -0.2) is 4.68 Å². The van der Waals surface area contributed by atoms with E-state index in [1.165, 1.54) is 23.9 Å². The van der Waals surface area contributed by atoms with E-state index >= 15 is 0 Å². The first kappa shape index (κ1) is 20.7. The van der Waals surface area contributed by atoms with Crippen molar-refractivity contribution in [2.24, 2.45) is 0 Å². The third-order valence-corrected chi connectivity index (χ3v) is 5.51. The van der Waals surface area contributed by atoms with Gasteiger partial charge in [0.15, 0.2) is 0 Å². The van der Waals surface area contributed by atoms with Gasteiger partial charge < -0.3 is 9.64 Å². The number of hydrogen-bond acceptors (Lipinski definition) is 8. The van der Waals surface area contributed by atoms with Gasteiger partial charge in [-0.3, -0.25) is 19.8 Å². The molecule has 0 radical (unpaired) electrons. The van der Waals surface area contributed by atoms with E-state index in [-0.39, 0.29) is 11.2 Å². The lowest BCUT2D eigenvalue weighted by Crippen LogP contribution is -2.47. The van der Waals surface area contributed by atoms with Gasteiger partial charge in [0.2, 0.25) is 11.7 Å². The minimum absolute atomic E-state index is 0.0176. The lowest BCUT2D eigenvalue weighted by molar-refractivity contribution is -0.384. The molecule has 3 heterocycles. The van der Waals surface area contributed by atoms with E-state index in [1.54, 1.807) is 6.20 Å². The fraction of sp³-hybridized carbons (Fsp3) is 0.381. The summed E-state index contributed by atoms with van der Waals surface area (Å²) in [6.45, 7) is 4.16. The molecule has 0 amide bonds. The van der Waals surface area contributed by atoms with Gasteiger partial charge in [0.05, 0.1) is 23.6 Å². The summed E-state index contributed by atoms with van der Waals surface area (Å²) < 4.78 is 6.64. The molecule has 10 nitrogen and oxygen atoms in total. The molecule has 1 aliphatic heterocycles. The minimum atomic E-state index is -0.414. The van der Waals surface area contributed by atoms with Crippen molar-refractivity contribution in [2.75, 3.05) is 44.7 Å². The number of nitrogens with zero attached hydrogens (tertiary/aromatic N) is 6. The minimum Gasteiger partial charge on any atom is -0.481 e. The number of pyridine rings is 1. The SMILES string of the molecule is COc1ccc([N+](=O)[O-])c(N2CCN(CCCn3ncc4ccccc4c3=O)CC2)n1. The number of nitro groups is 1. The molecule has 2 aromatic heterocycles. The molecular formula is C21H24N6O4. The molecule has 1 saturated heterocycles. The predicted molar refractivity (Wildman–Crippen MR) is 117 cm³/mol. The lowest BCUT2D eigenvalue weighted by Gasteiger charge is -2.35. The molecule has 1 aromatic carbocycles. The van der Waals surface area contributed by atoms with Gasteiger partial charge in [-0.1, -0.05) is 18.2 Å². The topological polar surface area (TPSA) is 107 Å². The van der Waals surface area contributed by atoms with Crippen molar-refractivity contribution in [2.45, 2.75) is 13.0 Å². The average molecular weight is 424 g/mol. The lowest BCUT2D eigenvalue weighted by atomic mass is 10.2. The van der Waals surface area contributed by atoms with Gasteiger partial charge in [-0.15, -0.1) is 0 Å². The van der Waals surface area contributed by atoms with E-state index in [4.69, 9.17) is 4.74 Å². The molecule has 0 bridgehead atoms. The molecule has 3 aromatic rings. The second-order valence-corrected chi connectivity index (χ2v) is 7.40. The quantitative estimate of drug-likeness (QED) is 0.418. The number of hydrogen-bond donors (Lipinski definition) is 0. The first-order chi connectivity index (χ1) is 15.1. The van der Waals surface area contributed by atoms with E-state index in [2.05, 4.69) is 15.0 Å². The normalized spacial score (nSPS) is 14.7. The van der Waals surface area contributed by atoms with Crippen molar-refractivity contribution in [3.8, 4) is 5.88 Å². The fourth-order valence-electron chi connectivity index (χ4n) is 3.83. The zero-order valence-electron chi connectivity index (χ0n) is 17.3. The van der Waals surface area contributed by atoms with E-state index in [0.29, 0.717) is 36.7 Å². The molecule has 0 unspecified atom stereocenters. The number of ether oxygens (including phenoxy) is 1. The number of fused-ring (bicyclic) bond motifs is 1. The fourth-order valence-corrected chi connectivity index (χ4v) is 3.83. The van der Waals surface area contributed by atoms with Crippen LogP contribution < -0.4 is 15.2 Å². The van der Waals surface area contributed by atoms with Crippen LogP contribution in [0.2, 0.25) is 0 Å². The molecule has 0 N–H and O–H groups in total. The summed E-state index contributed by atoms with van der Waals surface area (Å²) in [7, 11) is 1.49. The second-order valence-electron chi connectivity index (χ2n) is 7.40. The Labute approximate surface area is 178 Å². The van der Waals surface area contributed by atoms with Crippen LogP contribution in [-0.2, 0) is 6.54 Å². The van der Waals surface area contributed by atoms with Gasteiger partial charge in [0, 0.05) is 56.8 Å².